The van der Waals surface area contributed by atoms with Gasteiger partial charge >= 0.3 is 0 Å². The molecule has 2 fully saturated rings. The summed E-state index contributed by atoms with van der Waals surface area (Å²) in [6.45, 7) is 2.48. The van der Waals surface area contributed by atoms with E-state index in [2.05, 4.69) is 22.2 Å². The van der Waals surface area contributed by atoms with E-state index in [-0.39, 0.29) is 6.61 Å². The Bertz CT molecular complexity index is 807. The van der Waals surface area contributed by atoms with Gasteiger partial charge in [0, 0.05) is 13.0 Å². The minimum atomic E-state index is -1.17. The van der Waals surface area contributed by atoms with Crippen molar-refractivity contribution in [2.45, 2.75) is 70.0 Å². The number of hydrogen-bond acceptors (Lipinski definition) is 8. The molecule has 4 atom stereocenters. The van der Waals surface area contributed by atoms with Gasteiger partial charge in [0.1, 0.15) is 30.5 Å². The number of aliphatic hydroxyl groups is 3. The van der Waals surface area contributed by atoms with Crippen LogP contribution in [0.3, 0.4) is 0 Å². The molecule has 0 aromatic carbocycles. The molecule has 0 amide bonds. The van der Waals surface area contributed by atoms with E-state index in [1.807, 2.05) is 0 Å². The molecule has 2 aliphatic rings. The van der Waals surface area contributed by atoms with Crippen molar-refractivity contribution in [2.75, 3.05) is 18.5 Å². The van der Waals surface area contributed by atoms with Crippen LogP contribution < -0.4 is 5.32 Å². The monoisotopic (exact) mass is 391 g/mol. The highest BCUT2D eigenvalue weighted by atomic mass is 16.6. The Morgan fingerprint density at radius 2 is 2.00 bits per heavy atom. The molecule has 154 valence electrons. The van der Waals surface area contributed by atoms with Gasteiger partial charge in [0.25, 0.3) is 0 Å². The first kappa shape index (κ1) is 19.5. The Kier molecular flexibility index (Phi) is 5.77. The molecule has 0 bridgehead atoms. The van der Waals surface area contributed by atoms with Gasteiger partial charge in [0.05, 0.1) is 6.61 Å². The number of aromatic nitrogens is 4. The number of rotatable bonds is 7. The van der Waals surface area contributed by atoms with E-state index in [9.17, 15) is 15.3 Å². The molecule has 4 N–H and O–H groups in total. The number of hydrogen-bond donors (Lipinski definition) is 4. The summed E-state index contributed by atoms with van der Waals surface area (Å²) in [7, 11) is 0. The van der Waals surface area contributed by atoms with Gasteiger partial charge in [-0.3, -0.25) is 4.57 Å². The molecule has 3 heterocycles. The van der Waals surface area contributed by atoms with Crippen LogP contribution in [0.25, 0.3) is 11.2 Å². The van der Waals surface area contributed by atoms with Gasteiger partial charge in [-0.05, 0) is 12.3 Å². The quantitative estimate of drug-likeness (QED) is 0.551. The zero-order valence-corrected chi connectivity index (χ0v) is 16.2. The van der Waals surface area contributed by atoms with Crippen LogP contribution in [0.15, 0.2) is 6.33 Å². The number of fused-ring (bicyclic) bond motifs is 1. The summed E-state index contributed by atoms with van der Waals surface area (Å²) >= 11 is 0. The zero-order valence-electron chi connectivity index (χ0n) is 16.2. The highest BCUT2D eigenvalue weighted by Crippen LogP contribution is 2.36. The third-order valence-corrected chi connectivity index (χ3v) is 5.81. The predicted molar refractivity (Wildman–Crippen MR) is 103 cm³/mol. The van der Waals surface area contributed by atoms with Crippen molar-refractivity contribution in [1.82, 2.24) is 19.5 Å². The maximum Gasteiger partial charge on any atom is 0.167 e. The van der Waals surface area contributed by atoms with Gasteiger partial charge in [-0.25, -0.2) is 15.0 Å². The third kappa shape index (κ3) is 3.47. The van der Waals surface area contributed by atoms with Crippen LogP contribution in [0.2, 0.25) is 0 Å². The molecule has 0 spiro atoms. The second kappa shape index (κ2) is 8.28. The number of nitrogens with zero attached hydrogens (tertiary/aromatic N) is 4. The lowest BCUT2D eigenvalue weighted by Gasteiger charge is -2.20. The van der Waals surface area contributed by atoms with Gasteiger partial charge in [0.15, 0.2) is 23.2 Å². The van der Waals surface area contributed by atoms with Crippen LogP contribution in [0.5, 0.6) is 0 Å². The molecule has 9 nitrogen and oxygen atoms in total. The average molecular weight is 391 g/mol. The standard InChI is InChI=1S/C19H29N5O4/c1-2-7-20-17-14-18(22-10-21-17)24(13(23-14)8-11-5-3-4-6-11)19-16(27)15(26)12(9-25)28-19/h10-12,15-16,19,25-27H,2-9H2,1H3,(H,20,21,22)/t12-,15-,16-,19-/m1/s1. The largest absolute Gasteiger partial charge is 0.394 e. The van der Waals surface area contributed by atoms with Gasteiger partial charge in [0.2, 0.25) is 0 Å². The first-order valence-electron chi connectivity index (χ1n) is 10.2. The van der Waals surface area contributed by atoms with Gasteiger partial charge in [-0.15, -0.1) is 0 Å². The van der Waals surface area contributed by atoms with Crippen molar-refractivity contribution in [3.8, 4) is 0 Å². The van der Waals surface area contributed by atoms with Crippen LogP contribution in [0.1, 0.15) is 51.1 Å². The second-order valence-electron chi connectivity index (χ2n) is 7.80. The molecule has 1 saturated heterocycles. The van der Waals surface area contributed by atoms with Gasteiger partial charge < -0.3 is 25.4 Å². The summed E-state index contributed by atoms with van der Waals surface area (Å²) in [6, 6.07) is 0. The Labute approximate surface area is 163 Å². The molecule has 1 saturated carbocycles. The molecule has 9 heteroatoms. The molecule has 4 rings (SSSR count). The Hall–Kier alpha value is -1.81. The van der Waals surface area contributed by atoms with Crippen molar-refractivity contribution in [1.29, 1.82) is 0 Å². The Balaban J connectivity index is 1.77. The van der Waals surface area contributed by atoms with E-state index >= 15 is 0 Å². The van der Waals surface area contributed by atoms with Crippen LogP contribution in [-0.4, -0.2) is 66.3 Å². The molecular formula is C19H29N5O4. The van der Waals surface area contributed by atoms with Crippen LogP contribution in [0.4, 0.5) is 5.82 Å². The highest BCUT2D eigenvalue weighted by Gasteiger charge is 2.45. The first-order valence-corrected chi connectivity index (χ1v) is 10.2. The van der Waals surface area contributed by atoms with E-state index in [1.165, 1.54) is 19.2 Å². The Morgan fingerprint density at radius 1 is 1.21 bits per heavy atom. The maximum absolute atomic E-state index is 10.6. The van der Waals surface area contributed by atoms with Crippen LogP contribution >= 0.6 is 0 Å². The van der Waals surface area contributed by atoms with Crippen LogP contribution in [0, 0.1) is 5.92 Å². The molecule has 0 radical (unpaired) electrons. The van der Waals surface area contributed by atoms with E-state index < -0.39 is 24.5 Å². The van der Waals surface area contributed by atoms with Crippen molar-refractivity contribution in [2.24, 2.45) is 5.92 Å². The average Bonchev–Trinajstić information content (AvgIpc) is 3.40. The highest BCUT2D eigenvalue weighted by molar-refractivity contribution is 5.83. The molecule has 0 unspecified atom stereocenters. The SMILES string of the molecule is CCCNc1ncnc2c1nc(CC1CCCC1)n2[C@@H]1O[C@H](CO)[C@@H](O)[C@H]1O. The van der Waals surface area contributed by atoms with Crippen molar-refractivity contribution >= 4 is 17.0 Å². The fourth-order valence-corrected chi connectivity index (χ4v) is 4.30. The summed E-state index contributed by atoms with van der Waals surface area (Å²) in [6.07, 6.45) is 3.94. The lowest BCUT2D eigenvalue weighted by molar-refractivity contribution is -0.0524. The molecular weight excluding hydrogens is 362 g/mol. The predicted octanol–water partition coefficient (Wildman–Crippen LogP) is 0.992. The molecule has 28 heavy (non-hydrogen) atoms. The lowest BCUT2D eigenvalue weighted by Crippen LogP contribution is -2.33. The molecule has 1 aliphatic heterocycles. The fraction of sp³-hybridized carbons (Fsp3) is 0.737. The van der Waals surface area contributed by atoms with Gasteiger partial charge in [-0.1, -0.05) is 32.6 Å². The fourth-order valence-electron chi connectivity index (χ4n) is 4.30. The number of ether oxygens (including phenoxy) is 1. The normalized spacial score (nSPS) is 28.4. The summed E-state index contributed by atoms with van der Waals surface area (Å²) in [5, 5.41) is 33.6. The lowest BCUT2D eigenvalue weighted by atomic mass is 10.0. The van der Waals surface area contributed by atoms with Crippen molar-refractivity contribution < 1.29 is 20.1 Å². The number of aliphatic hydroxyl groups excluding tert-OH is 3. The summed E-state index contributed by atoms with van der Waals surface area (Å²) in [5.41, 5.74) is 1.21. The van der Waals surface area contributed by atoms with E-state index in [1.54, 1.807) is 4.57 Å². The van der Waals surface area contributed by atoms with Gasteiger partial charge in [-0.2, -0.15) is 0 Å². The number of imidazole rings is 1. The zero-order chi connectivity index (χ0) is 19.7. The third-order valence-electron chi connectivity index (χ3n) is 5.81. The molecule has 1 aliphatic carbocycles. The van der Waals surface area contributed by atoms with E-state index in [4.69, 9.17) is 9.72 Å². The minimum Gasteiger partial charge on any atom is -0.394 e. The van der Waals surface area contributed by atoms with E-state index in [0.717, 1.165) is 38.1 Å². The molecule has 2 aromatic heterocycles. The summed E-state index contributed by atoms with van der Waals surface area (Å²) < 4.78 is 7.59. The summed E-state index contributed by atoms with van der Waals surface area (Å²) in [4.78, 5) is 13.6. The molecule has 2 aromatic rings. The van der Waals surface area contributed by atoms with E-state index in [0.29, 0.717) is 22.9 Å². The number of anilines is 1. The number of nitrogens with one attached hydrogen (secondary N) is 1. The van der Waals surface area contributed by atoms with Crippen molar-refractivity contribution in [3.63, 3.8) is 0 Å². The first-order chi connectivity index (χ1) is 13.6. The summed E-state index contributed by atoms with van der Waals surface area (Å²) in [5.74, 6) is 1.97. The Morgan fingerprint density at radius 3 is 2.68 bits per heavy atom. The topological polar surface area (TPSA) is 126 Å². The maximum atomic E-state index is 10.6. The van der Waals surface area contributed by atoms with Crippen LogP contribution in [-0.2, 0) is 11.2 Å². The smallest absolute Gasteiger partial charge is 0.167 e. The second-order valence-corrected chi connectivity index (χ2v) is 7.80. The van der Waals surface area contributed by atoms with Crippen molar-refractivity contribution in [3.05, 3.63) is 12.2 Å². The minimum absolute atomic E-state index is 0.363.